The Morgan fingerprint density at radius 2 is 0.885 bits per heavy atom. The van der Waals surface area contributed by atoms with E-state index in [0.717, 1.165) is 6.42 Å². The van der Waals surface area contributed by atoms with Crippen molar-refractivity contribution in [3.63, 3.8) is 0 Å². The number of nitrogens with zero attached hydrogens (tertiary/aromatic N) is 1. The number of para-hydroxylation sites is 3. The fraction of sp³-hybridized carbons (Fsp3) is 0.280. The molecule has 0 saturated heterocycles. The van der Waals surface area contributed by atoms with Gasteiger partial charge >= 0.3 is 0 Å². The quantitative estimate of drug-likeness (QED) is 0.336. The molecule has 0 unspecified atom stereocenters. The molecule has 1 nitrogen and oxygen atoms in total. The second kappa shape index (κ2) is 11.9. The molecular formula is C25H33N. The number of anilines is 3. The van der Waals surface area contributed by atoms with Crippen LogP contribution in [0, 0.1) is 0 Å². The summed E-state index contributed by atoms with van der Waals surface area (Å²) >= 11 is 0. The monoisotopic (exact) mass is 347 g/mol. The van der Waals surface area contributed by atoms with E-state index in [1.807, 2.05) is 41.5 Å². The van der Waals surface area contributed by atoms with Gasteiger partial charge in [0.15, 0.2) is 0 Å². The van der Waals surface area contributed by atoms with E-state index >= 15 is 0 Å². The van der Waals surface area contributed by atoms with Crippen LogP contribution in [-0.4, -0.2) is 0 Å². The Hall–Kier alpha value is -2.54. The van der Waals surface area contributed by atoms with Gasteiger partial charge in [0.05, 0.1) is 0 Å². The molecule has 0 amide bonds. The third-order valence-electron chi connectivity index (χ3n) is 3.86. The standard InChI is InChI=1S/C19H15N.3C2H6/c1-2-10-17(11-3-1)20-18-12-6-4-8-15(18)14-16-9-5-7-13-19(16)20;3*1-2/h1-13H,14H2;3*1-2H3. The fourth-order valence-electron chi connectivity index (χ4n) is 2.95. The minimum absolute atomic E-state index is 1.01. The normalized spacial score (nSPS) is 10.5. The Morgan fingerprint density at radius 3 is 1.35 bits per heavy atom. The molecule has 0 bridgehead atoms. The number of benzene rings is 3. The molecule has 0 saturated carbocycles. The molecule has 1 heterocycles. The smallest absolute Gasteiger partial charge is 0.0497 e. The lowest BCUT2D eigenvalue weighted by atomic mass is 9.95. The molecule has 0 aliphatic carbocycles. The second-order valence-corrected chi connectivity index (χ2v) is 5.11. The number of hydrogen-bond donors (Lipinski definition) is 0. The van der Waals surface area contributed by atoms with Gasteiger partial charge in [-0.15, -0.1) is 0 Å². The van der Waals surface area contributed by atoms with Crippen molar-refractivity contribution in [3.05, 3.63) is 90.0 Å². The van der Waals surface area contributed by atoms with Gasteiger partial charge in [-0.2, -0.15) is 0 Å². The third-order valence-corrected chi connectivity index (χ3v) is 3.86. The van der Waals surface area contributed by atoms with E-state index in [4.69, 9.17) is 0 Å². The van der Waals surface area contributed by atoms with Gasteiger partial charge < -0.3 is 4.90 Å². The summed E-state index contributed by atoms with van der Waals surface area (Å²) < 4.78 is 0. The maximum atomic E-state index is 2.36. The van der Waals surface area contributed by atoms with Crippen molar-refractivity contribution in [3.8, 4) is 0 Å². The maximum Gasteiger partial charge on any atom is 0.0497 e. The first-order chi connectivity index (χ1) is 12.9. The van der Waals surface area contributed by atoms with Crippen LogP contribution in [0.25, 0.3) is 0 Å². The summed E-state index contributed by atoms with van der Waals surface area (Å²) in [5.41, 5.74) is 6.56. The Kier molecular flexibility index (Phi) is 9.86. The highest BCUT2D eigenvalue weighted by atomic mass is 15.2. The van der Waals surface area contributed by atoms with E-state index in [-0.39, 0.29) is 0 Å². The molecule has 0 fully saturated rings. The van der Waals surface area contributed by atoms with E-state index in [9.17, 15) is 0 Å². The molecule has 3 aromatic carbocycles. The predicted molar refractivity (Wildman–Crippen MR) is 118 cm³/mol. The van der Waals surface area contributed by atoms with E-state index in [1.165, 1.54) is 28.2 Å². The molecule has 1 aliphatic rings. The molecule has 138 valence electrons. The molecule has 0 radical (unpaired) electrons. The van der Waals surface area contributed by atoms with Gasteiger partial charge in [-0.25, -0.2) is 0 Å². The summed E-state index contributed by atoms with van der Waals surface area (Å²) in [4.78, 5) is 2.36. The van der Waals surface area contributed by atoms with E-state index < -0.39 is 0 Å². The van der Waals surface area contributed by atoms with Crippen LogP contribution in [-0.2, 0) is 6.42 Å². The van der Waals surface area contributed by atoms with Crippen LogP contribution in [0.15, 0.2) is 78.9 Å². The van der Waals surface area contributed by atoms with Crippen molar-refractivity contribution >= 4 is 17.1 Å². The third kappa shape index (κ3) is 4.76. The lowest BCUT2D eigenvalue weighted by molar-refractivity contribution is 1.09. The van der Waals surface area contributed by atoms with Gasteiger partial charge in [0.1, 0.15) is 0 Å². The second-order valence-electron chi connectivity index (χ2n) is 5.11. The molecular weight excluding hydrogens is 314 g/mol. The van der Waals surface area contributed by atoms with Crippen LogP contribution < -0.4 is 4.90 Å². The topological polar surface area (TPSA) is 3.24 Å². The van der Waals surface area contributed by atoms with Crippen LogP contribution in [0.1, 0.15) is 52.7 Å². The lowest BCUT2D eigenvalue weighted by Crippen LogP contribution is -2.18. The Labute approximate surface area is 160 Å². The zero-order valence-electron chi connectivity index (χ0n) is 17.2. The summed E-state index contributed by atoms with van der Waals surface area (Å²) in [5, 5.41) is 0. The first-order valence-electron chi connectivity index (χ1n) is 9.94. The zero-order chi connectivity index (χ0) is 19.4. The molecule has 4 rings (SSSR count). The minimum Gasteiger partial charge on any atom is -0.310 e. The van der Waals surface area contributed by atoms with Crippen molar-refractivity contribution in [1.29, 1.82) is 0 Å². The average molecular weight is 348 g/mol. The summed E-state index contributed by atoms with van der Waals surface area (Å²) in [6.07, 6.45) is 1.01. The molecule has 26 heavy (non-hydrogen) atoms. The Bertz CT molecular complexity index is 701. The highest BCUT2D eigenvalue weighted by Crippen LogP contribution is 2.43. The first-order valence-corrected chi connectivity index (χ1v) is 9.94. The fourth-order valence-corrected chi connectivity index (χ4v) is 2.95. The van der Waals surface area contributed by atoms with Gasteiger partial charge in [0, 0.05) is 23.5 Å². The average Bonchev–Trinajstić information content (AvgIpc) is 2.77. The Morgan fingerprint density at radius 1 is 0.500 bits per heavy atom. The first kappa shape index (κ1) is 21.5. The van der Waals surface area contributed by atoms with Crippen LogP contribution in [0.2, 0.25) is 0 Å². The number of rotatable bonds is 1. The van der Waals surface area contributed by atoms with Crippen molar-refractivity contribution < 1.29 is 0 Å². The zero-order valence-corrected chi connectivity index (χ0v) is 17.2. The summed E-state index contributed by atoms with van der Waals surface area (Å²) in [6, 6.07) is 27.9. The number of hydrogen-bond acceptors (Lipinski definition) is 1. The van der Waals surface area contributed by atoms with Crippen molar-refractivity contribution in [1.82, 2.24) is 0 Å². The molecule has 1 heteroatoms. The van der Waals surface area contributed by atoms with Gasteiger partial charge in [-0.3, -0.25) is 0 Å². The highest BCUT2D eigenvalue weighted by Gasteiger charge is 2.22. The van der Waals surface area contributed by atoms with E-state index in [0.29, 0.717) is 0 Å². The molecule has 1 aliphatic heterocycles. The number of fused-ring (bicyclic) bond motifs is 2. The van der Waals surface area contributed by atoms with Gasteiger partial charge in [-0.1, -0.05) is 96.1 Å². The van der Waals surface area contributed by atoms with Crippen molar-refractivity contribution in [2.24, 2.45) is 0 Å². The Balaban J connectivity index is 0.000000515. The largest absolute Gasteiger partial charge is 0.310 e. The lowest BCUT2D eigenvalue weighted by Gasteiger charge is -2.33. The molecule has 3 aromatic rings. The van der Waals surface area contributed by atoms with Crippen molar-refractivity contribution in [2.75, 3.05) is 4.90 Å². The highest BCUT2D eigenvalue weighted by molar-refractivity contribution is 5.83. The van der Waals surface area contributed by atoms with Gasteiger partial charge in [-0.05, 0) is 35.4 Å². The van der Waals surface area contributed by atoms with Crippen LogP contribution in [0.5, 0.6) is 0 Å². The van der Waals surface area contributed by atoms with Gasteiger partial charge in [0.25, 0.3) is 0 Å². The van der Waals surface area contributed by atoms with Crippen molar-refractivity contribution in [2.45, 2.75) is 48.0 Å². The molecule has 0 atom stereocenters. The van der Waals surface area contributed by atoms with E-state index in [1.54, 1.807) is 0 Å². The molecule has 0 aromatic heterocycles. The molecule has 0 N–H and O–H groups in total. The summed E-state index contributed by atoms with van der Waals surface area (Å²) in [7, 11) is 0. The summed E-state index contributed by atoms with van der Waals surface area (Å²) in [6.45, 7) is 12.0. The maximum absolute atomic E-state index is 2.36. The molecule has 0 spiro atoms. The minimum atomic E-state index is 1.01. The van der Waals surface area contributed by atoms with Crippen LogP contribution in [0.3, 0.4) is 0 Å². The van der Waals surface area contributed by atoms with Crippen LogP contribution in [0.4, 0.5) is 17.1 Å². The van der Waals surface area contributed by atoms with E-state index in [2.05, 4.69) is 83.8 Å². The van der Waals surface area contributed by atoms with Gasteiger partial charge in [0.2, 0.25) is 0 Å². The predicted octanol–water partition coefficient (Wildman–Crippen LogP) is 8.14. The summed E-state index contributed by atoms with van der Waals surface area (Å²) in [5.74, 6) is 0. The van der Waals surface area contributed by atoms with Crippen LogP contribution >= 0.6 is 0 Å². The SMILES string of the molecule is CC.CC.CC.c1ccc(N2c3ccccc3Cc3ccccc32)cc1.